The predicted molar refractivity (Wildman–Crippen MR) is 55.1 cm³/mol. The highest BCUT2D eigenvalue weighted by Gasteiger charge is 2.15. The summed E-state index contributed by atoms with van der Waals surface area (Å²) in [5.74, 6) is -0.131. The van der Waals surface area contributed by atoms with Crippen molar-refractivity contribution >= 4 is 34.7 Å². The molecule has 1 unspecified atom stereocenters. The van der Waals surface area contributed by atoms with Crippen LogP contribution in [0.3, 0.4) is 0 Å². The van der Waals surface area contributed by atoms with Crippen molar-refractivity contribution < 1.29 is 4.79 Å². The molecule has 0 bridgehead atoms. The van der Waals surface area contributed by atoms with E-state index in [2.05, 4.69) is 0 Å². The smallest absolute Gasteiger partial charge is 0.152 e. The van der Waals surface area contributed by atoms with E-state index in [4.69, 9.17) is 28.9 Å². The molecule has 0 amide bonds. The zero-order chi connectivity index (χ0) is 10.0. The summed E-state index contributed by atoms with van der Waals surface area (Å²) >= 11 is 11.7. The number of anilines is 1. The van der Waals surface area contributed by atoms with Gasteiger partial charge in [0.25, 0.3) is 0 Å². The van der Waals surface area contributed by atoms with Gasteiger partial charge in [0.05, 0.1) is 0 Å². The molecule has 0 aliphatic rings. The highest BCUT2D eigenvalue weighted by atomic mass is 35.5. The second-order valence-electron chi connectivity index (χ2n) is 2.75. The molecule has 2 nitrogen and oxygen atoms in total. The average Bonchev–Trinajstić information content (AvgIpc) is 2.03. The first-order valence-electron chi connectivity index (χ1n) is 3.72. The lowest BCUT2D eigenvalue weighted by molar-refractivity contribution is -0.116. The third-order valence-corrected chi connectivity index (χ3v) is 2.52. The number of alkyl halides is 1. The molecule has 0 fully saturated rings. The van der Waals surface area contributed by atoms with E-state index < -0.39 is 5.38 Å². The quantitative estimate of drug-likeness (QED) is 0.612. The highest BCUT2D eigenvalue weighted by molar-refractivity contribution is 6.36. The SMILES string of the molecule is CC(=O)C(Cl)c1ccc(N)cc1Cl. The molecule has 1 aromatic rings. The maximum atomic E-state index is 11.0. The van der Waals surface area contributed by atoms with Gasteiger partial charge in [0.1, 0.15) is 5.38 Å². The number of benzene rings is 1. The highest BCUT2D eigenvalue weighted by Crippen LogP contribution is 2.29. The second kappa shape index (κ2) is 3.99. The summed E-state index contributed by atoms with van der Waals surface area (Å²) in [4.78, 5) is 11.0. The maximum absolute atomic E-state index is 11.0. The minimum Gasteiger partial charge on any atom is -0.399 e. The molecule has 1 rings (SSSR count). The molecule has 0 aliphatic heterocycles. The van der Waals surface area contributed by atoms with Gasteiger partial charge in [-0.3, -0.25) is 4.79 Å². The third-order valence-electron chi connectivity index (χ3n) is 1.65. The molecule has 0 aromatic heterocycles. The van der Waals surface area contributed by atoms with Crippen molar-refractivity contribution in [3.05, 3.63) is 28.8 Å². The van der Waals surface area contributed by atoms with Crippen LogP contribution in [0.1, 0.15) is 17.9 Å². The monoisotopic (exact) mass is 217 g/mol. The summed E-state index contributed by atoms with van der Waals surface area (Å²) in [7, 11) is 0. The summed E-state index contributed by atoms with van der Waals surface area (Å²) in [6, 6.07) is 4.91. The Bertz CT molecular complexity index is 338. The molecule has 13 heavy (non-hydrogen) atoms. The normalized spacial score (nSPS) is 12.5. The Morgan fingerprint density at radius 1 is 1.54 bits per heavy atom. The summed E-state index contributed by atoms with van der Waals surface area (Å²) in [6.45, 7) is 1.42. The van der Waals surface area contributed by atoms with Gasteiger partial charge in [-0.05, 0) is 24.6 Å². The van der Waals surface area contributed by atoms with E-state index in [9.17, 15) is 4.79 Å². The molecule has 2 N–H and O–H groups in total. The molecule has 0 radical (unpaired) electrons. The molecule has 1 aromatic carbocycles. The standard InChI is InChI=1S/C9H9Cl2NO/c1-5(13)9(11)7-3-2-6(12)4-8(7)10/h2-4,9H,12H2,1H3. The molecular formula is C9H9Cl2NO. The Labute approximate surface area is 86.6 Å². The van der Waals surface area contributed by atoms with Crippen LogP contribution in [0, 0.1) is 0 Å². The van der Waals surface area contributed by atoms with E-state index in [-0.39, 0.29) is 5.78 Å². The predicted octanol–water partition coefficient (Wildman–Crippen LogP) is 2.79. The van der Waals surface area contributed by atoms with Gasteiger partial charge in [-0.1, -0.05) is 17.7 Å². The van der Waals surface area contributed by atoms with Gasteiger partial charge in [0.2, 0.25) is 0 Å². The average molecular weight is 218 g/mol. The molecule has 4 heteroatoms. The number of Topliss-reactive ketones (excluding diaryl/α,β-unsaturated/α-hetero) is 1. The topological polar surface area (TPSA) is 43.1 Å². The lowest BCUT2D eigenvalue weighted by Crippen LogP contribution is -2.02. The van der Waals surface area contributed by atoms with E-state index in [1.54, 1.807) is 18.2 Å². The van der Waals surface area contributed by atoms with Crippen molar-refractivity contribution in [1.29, 1.82) is 0 Å². The third kappa shape index (κ3) is 2.36. The number of ketones is 1. The van der Waals surface area contributed by atoms with Crippen molar-refractivity contribution in [1.82, 2.24) is 0 Å². The first-order valence-corrected chi connectivity index (χ1v) is 4.53. The van der Waals surface area contributed by atoms with E-state index in [0.29, 0.717) is 16.3 Å². The molecule has 0 saturated heterocycles. The largest absolute Gasteiger partial charge is 0.399 e. The number of carbonyl (C=O) groups excluding carboxylic acids is 1. The summed E-state index contributed by atoms with van der Waals surface area (Å²) in [6.07, 6.45) is 0. The number of nitrogen functional groups attached to an aromatic ring is 1. The summed E-state index contributed by atoms with van der Waals surface area (Å²) < 4.78 is 0. The van der Waals surface area contributed by atoms with E-state index in [1.807, 2.05) is 0 Å². The Morgan fingerprint density at radius 3 is 2.62 bits per heavy atom. The van der Waals surface area contributed by atoms with Gasteiger partial charge in [0, 0.05) is 10.7 Å². The van der Waals surface area contributed by atoms with Crippen molar-refractivity contribution in [3.63, 3.8) is 0 Å². The molecule has 0 aliphatic carbocycles. The maximum Gasteiger partial charge on any atom is 0.152 e. The van der Waals surface area contributed by atoms with Crippen molar-refractivity contribution in [2.24, 2.45) is 0 Å². The number of hydrogen-bond acceptors (Lipinski definition) is 2. The number of hydrogen-bond donors (Lipinski definition) is 1. The van der Waals surface area contributed by atoms with Crippen LogP contribution >= 0.6 is 23.2 Å². The van der Waals surface area contributed by atoms with Crippen LogP contribution < -0.4 is 5.73 Å². The fraction of sp³-hybridized carbons (Fsp3) is 0.222. The Hall–Kier alpha value is -0.730. The summed E-state index contributed by atoms with van der Waals surface area (Å²) in [5.41, 5.74) is 6.65. The molecular weight excluding hydrogens is 209 g/mol. The zero-order valence-corrected chi connectivity index (χ0v) is 8.56. The molecule has 0 spiro atoms. The summed E-state index contributed by atoms with van der Waals surface area (Å²) in [5, 5.41) is -0.261. The fourth-order valence-corrected chi connectivity index (χ4v) is 1.51. The van der Waals surface area contributed by atoms with Gasteiger partial charge in [-0.25, -0.2) is 0 Å². The van der Waals surface area contributed by atoms with Crippen LogP contribution in [0.25, 0.3) is 0 Å². The first-order chi connectivity index (χ1) is 6.02. The van der Waals surface area contributed by atoms with Crippen LogP contribution in [0.2, 0.25) is 5.02 Å². The minimum atomic E-state index is -0.687. The van der Waals surface area contributed by atoms with E-state index in [0.717, 1.165) is 0 Å². The van der Waals surface area contributed by atoms with Gasteiger partial charge in [-0.15, -0.1) is 11.6 Å². The zero-order valence-electron chi connectivity index (χ0n) is 7.05. The Kier molecular flexibility index (Phi) is 3.17. The number of rotatable bonds is 2. The molecule has 0 heterocycles. The Balaban J connectivity index is 3.08. The van der Waals surface area contributed by atoms with Gasteiger partial charge < -0.3 is 5.73 Å². The van der Waals surface area contributed by atoms with Crippen LogP contribution in [-0.2, 0) is 4.79 Å². The van der Waals surface area contributed by atoms with Crippen LogP contribution in [0.15, 0.2) is 18.2 Å². The number of halogens is 2. The van der Waals surface area contributed by atoms with Crippen LogP contribution in [0.4, 0.5) is 5.69 Å². The molecule has 0 saturated carbocycles. The van der Waals surface area contributed by atoms with Crippen LogP contribution in [-0.4, -0.2) is 5.78 Å². The Morgan fingerprint density at radius 2 is 2.15 bits per heavy atom. The van der Waals surface area contributed by atoms with Crippen molar-refractivity contribution in [2.45, 2.75) is 12.3 Å². The van der Waals surface area contributed by atoms with Crippen molar-refractivity contribution in [3.8, 4) is 0 Å². The van der Waals surface area contributed by atoms with Crippen LogP contribution in [0.5, 0.6) is 0 Å². The lowest BCUT2D eigenvalue weighted by Gasteiger charge is -2.08. The van der Waals surface area contributed by atoms with Crippen molar-refractivity contribution in [2.75, 3.05) is 5.73 Å². The van der Waals surface area contributed by atoms with E-state index >= 15 is 0 Å². The fourth-order valence-electron chi connectivity index (χ4n) is 0.968. The number of carbonyl (C=O) groups is 1. The van der Waals surface area contributed by atoms with Gasteiger partial charge in [-0.2, -0.15) is 0 Å². The van der Waals surface area contributed by atoms with E-state index in [1.165, 1.54) is 6.92 Å². The lowest BCUT2D eigenvalue weighted by atomic mass is 10.1. The van der Waals surface area contributed by atoms with Gasteiger partial charge >= 0.3 is 0 Å². The van der Waals surface area contributed by atoms with Gasteiger partial charge in [0.15, 0.2) is 5.78 Å². The second-order valence-corrected chi connectivity index (χ2v) is 3.60. The molecule has 1 atom stereocenters. The minimum absolute atomic E-state index is 0.131. The number of nitrogens with two attached hydrogens (primary N) is 1. The molecule has 70 valence electrons. The first kappa shape index (κ1) is 10.4.